The fourth-order valence-electron chi connectivity index (χ4n) is 5.29. The molecule has 14 heteroatoms. The van der Waals surface area contributed by atoms with E-state index in [0.29, 0.717) is 12.8 Å². The molecule has 1 aliphatic rings. The van der Waals surface area contributed by atoms with Gasteiger partial charge < -0.3 is 39.9 Å². The van der Waals surface area contributed by atoms with Crippen molar-refractivity contribution >= 4 is 19.8 Å². The van der Waals surface area contributed by atoms with Crippen molar-refractivity contribution in [3.63, 3.8) is 0 Å². The van der Waals surface area contributed by atoms with Crippen molar-refractivity contribution in [1.82, 2.24) is 0 Å². The molecule has 6 unspecified atom stereocenters. The molecule has 1 saturated carbocycles. The summed E-state index contributed by atoms with van der Waals surface area (Å²) in [7, 11) is -5.09. The number of hydrogen-bond acceptors (Lipinski definition) is 12. The van der Waals surface area contributed by atoms with Gasteiger partial charge in [0.15, 0.2) is 6.10 Å². The first-order valence-electron chi connectivity index (χ1n) is 17.3. The molecule has 46 heavy (non-hydrogen) atoms. The Balaban J connectivity index is 2.61. The van der Waals surface area contributed by atoms with Crippen LogP contribution in [0.2, 0.25) is 0 Å². The van der Waals surface area contributed by atoms with Crippen LogP contribution in [0.4, 0.5) is 0 Å². The number of aliphatic hydroxyl groups excluding tert-OH is 5. The number of phosphoric acid groups is 1. The lowest BCUT2D eigenvalue weighted by molar-refractivity contribution is -0.220. The monoisotopic (exact) mass is 684 g/mol. The Morgan fingerprint density at radius 3 is 1.43 bits per heavy atom. The van der Waals surface area contributed by atoms with Crippen LogP contribution in [0.1, 0.15) is 136 Å². The van der Waals surface area contributed by atoms with Crippen molar-refractivity contribution in [2.45, 2.75) is 179 Å². The molecule has 1 aliphatic carbocycles. The minimum Gasteiger partial charge on any atom is -0.462 e. The van der Waals surface area contributed by atoms with Crippen molar-refractivity contribution in [2.75, 3.05) is 13.2 Å². The van der Waals surface area contributed by atoms with Crippen molar-refractivity contribution in [3.05, 3.63) is 0 Å². The largest absolute Gasteiger partial charge is 0.472 e. The van der Waals surface area contributed by atoms with E-state index >= 15 is 0 Å². The smallest absolute Gasteiger partial charge is 0.462 e. The van der Waals surface area contributed by atoms with Crippen LogP contribution in [0.3, 0.4) is 0 Å². The Labute approximate surface area is 274 Å². The summed E-state index contributed by atoms with van der Waals surface area (Å²) >= 11 is 0. The lowest BCUT2D eigenvalue weighted by Crippen LogP contribution is -2.64. The van der Waals surface area contributed by atoms with Gasteiger partial charge in [-0.05, 0) is 12.8 Å². The maximum Gasteiger partial charge on any atom is 0.472 e. The summed E-state index contributed by atoms with van der Waals surface area (Å²) in [6.45, 7) is 3.18. The molecule has 1 rings (SSSR count). The molecule has 0 aromatic carbocycles. The second-order valence-corrected chi connectivity index (χ2v) is 13.8. The van der Waals surface area contributed by atoms with E-state index < -0.39 is 75.7 Å². The first-order valence-corrected chi connectivity index (χ1v) is 18.8. The Bertz CT molecular complexity index is 844. The fraction of sp³-hybridized carbons (Fsp3) is 0.938. The Hall–Kier alpha value is -1.15. The second-order valence-electron chi connectivity index (χ2n) is 12.4. The number of rotatable bonds is 27. The molecule has 0 saturated heterocycles. The van der Waals surface area contributed by atoms with Gasteiger partial charge in [-0.25, -0.2) is 4.57 Å². The average molecular weight is 685 g/mol. The third-order valence-corrected chi connectivity index (χ3v) is 9.18. The quantitative estimate of drug-likeness (QED) is 0.0407. The molecule has 0 spiro atoms. The molecule has 0 aromatic rings. The number of carbonyl (C=O) groups is 2. The van der Waals surface area contributed by atoms with Gasteiger partial charge >= 0.3 is 19.8 Å². The number of phosphoric ester groups is 1. The van der Waals surface area contributed by atoms with Gasteiger partial charge in [-0.2, -0.15) is 0 Å². The van der Waals surface area contributed by atoms with E-state index in [1.807, 2.05) is 0 Å². The molecule has 0 radical (unpaired) electrons. The molecule has 0 aromatic heterocycles. The molecular weight excluding hydrogens is 623 g/mol. The number of hydrogen-bond donors (Lipinski definition) is 6. The number of unbranched alkanes of at least 4 members (excludes halogenated alkanes) is 15. The first-order chi connectivity index (χ1) is 21.9. The third-order valence-electron chi connectivity index (χ3n) is 8.20. The Kier molecular flexibility index (Phi) is 23.2. The molecule has 272 valence electrons. The molecular formula is C32H61O13P. The summed E-state index contributed by atoms with van der Waals surface area (Å²) in [4.78, 5) is 35.1. The van der Waals surface area contributed by atoms with Gasteiger partial charge in [-0.3, -0.25) is 18.6 Å². The number of ether oxygens (including phenoxy) is 2. The van der Waals surface area contributed by atoms with E-state index in [1.54, 1.807) is 0 Å². The van der Waals surface area contributed by atoms with E-state index in [2.05, 4.69) is 13.8 Å². The predicted molar refractivity (Wildman–Crippen MR) is 171 cm³/mol. The predicted octanol–water partition coefficient (Wildman–Crippen LogP) is 4.21. The molecule has 13 nitrogen and oxygen atoms in total. The highest BCUT2D eigenvalue weighted by Crippen LogP contribution is 2.47. The second kappa shape index (κ2) is 24.9. The molecule has 8 atom stereocenters. The lowest BCUT2D eigenvalue weighted by atomic mass is 9.85. The van der Waals surface area contributed by atoms with E-state index in [0.717, 1.165) is 44.9 Å². The maximum absolute atomic E-state index is 12.7. The normalized spacial score (nSPS) is 25.1. The number of aliphatic hydroxyl groups is 5. The highest BCUT2D eigenvalue weighted by atomic mass is 31.2. The average Bonchev–Trinajstić information content (AvgIpc) is 3.03. The topological polar surface area (TPSA) is 210 Å². The Morgan fingerprint density at radius 1 is 0.587 bits per heavy atom. The van der Waals surface area contributed by atoms with Gasteiger partial charge in [0.2, 0.25) is 0 Å². The van der Waals surface area contributed by atoms with Crippen LogP contribution < -0.4 is 0 Å². The van der Waals surface area contributed by atoms with Crippen molar-refractivity contribution < 1.29 is 63.1 Å². The minimum absolute atomic E-state index is 0.102. The van der Waals surface area contributed by atoms with E-state index in [9.17, 15) is 44.6 Å². The summed E-state index contributed by atoms with van der Waals surface area (Å²) in [5, 5.41) is 49.7. The van der Waals surface area contributed by atoms with Crippen LogP contribution in [0, 0.1) is 0 Å². The van der Waals surface area contributed by atoms with E-state index in [4.69, 9.17) is 18.5 Å². The van der Waals surface area contributed by atoms with Crippen LogP contribution in [0.5, 0.6) is 0 Å². The zero-order chi connectivity index (χ0) is 34.4. The molecule has 6 N–H and O–H groups in total. The summed E-state index contributed by atoms with van der Waals surface area (Å²) in [6.07, 6.45) is 5.10. The fourth-order valence-corrected chi connectivity index (χ4v) is 6.26. The zero-order valence-corrected chi connectivity index (χ0v) is 28.8. The van der Waals surface area contributed by atoms with Crippen LogP contribution in [0.25, 0.3) is 0 Å². The van der Waals surface area contributed by atoms with Gasteiger partial charge in [0.1, 0.15) is 43.2 Å². The first kappa shape index (κ1) is 42.9. The summed E-state index contributed by atoms with van der Waals surface area (Å²) in [5.74, 6) is -1.10. The van der Waals surface area contributed by atoms with Crippen LogP contribution in [0.15, 0.2) is 0 Å². The van der Waals surface area contributed by atoms with Crippen molar-refractivity contribution in [1.29, 1.82) is 0 Å². The minimum atomic E-state index is -5.09. The standard InChI is InChI=1S/C32H61O13P/c1-3-5-7-9-11-13-15-17-19-21-26(34)44-24(22-42-25(33)20-18-16-14-12-10-8-6-4-2)23-43-46(40,41)45-32-30(38)28(36)27(35)29(37)31(32)39/h24,27-32,35-39H,3-23H2,1-2H3,(H,40,41)/t24-,27?,28-,29?,30?,31?,32?/m1/s1. The lowest BCUT2D eigenvalue weighted by Gasteiger charge is -2.41. The molecule has 0 bridgehead atoms. The van der Waals surface area contributed by atoms with Gasteiger partial charge in [-0.1, -0.05) is 110 Å². The SMILES string of the molecule is CCCCCCCCCCCC(=O)O[C@H](COC(=O)CCCCCCCCCC)COP(=O)(O)OC1C(O)C(O)C(O)[C@@H](O)C1O. The molecule has 0 aliphatic heterocycles. The number of esters is 2. The maximum atomic E-state index is 12.7. The van der Waals surface area contributed by atoms with Crippen LogP contribution in [-0.2, 0) is 32.7 Å². The highest BCUT2D eigenvalue weighted by molar-refractivity contribution is 7.47. The summed E-state index contributed by atoms with van der Waals surface area (Å²) < 4.78 is 33.1. The Morgan fingerprint density at radius 2 is 0.978 bits per heavy atom. The van der Waals surface area contributed by atoms with E-state index in [-0.39, 0.29) is 12.8 Å². The molecule has 0 amide bonds. The zero-order valence-electron chi connectivity index (χ0n) is 27.9. The van der Waals surface area contributed by atoms with Gasteiger partial charge in [0, 0.05) is 12.8 Å². The van der Waals surface area contributed by atoms with Crippen LogP contribution >= 0.6 is 7.82 Å². The highest BCUT2D eigenvalue weighted by Gasteiger charge is 2.51. The number of carbonyl (C=O) groups excluding carboxylic acids is 2. The molecule has 1 fully saturated rings. The molecule has 0 heterocycles. The summed E-state index contributed by atoms with van der Waals surface area (Å²) in [6, 6.07) is 0. The van der Waals surface area contributed by atoms with Gasteiger partial charge in [0.25, 0.3) is 0 Å². The van der Waals surface area contributed by atoms with Crippen molar-refractivity contribution in [2.24, 2.45) is 0 Å². The van der Waals surface area contributed by atoms with Crippen molar-refractivity contribution in [3.8, 4) is 0 Å². The van der Waals surface area contributed by atoms with E-state index in [1.165, 1.54) is 51.4 Å². The third kappa shape index (κ3) is 18.4. The summed E-state index contributed by atoms with van der Waals surface area (Å²) in [5.41, 5.74) is 0. The van der Waals surface area contributed by atoms with Gasteiger partial charge in [0.05, 0.1) is 6.61 Å². The van der Waals surface area contributed by atoms with Crippen LogP contribution in [-0.4, -0.2) is 98.3 Å². The van der Waals surface area contributed by atoms with Gasteiger partial charge in [-0.15, -0.1) is 0 Å².